The van der Waals surface area contributed by atoms with Gasteiger partial charge in [-0.25, -0.2) is 0 Å². The van der Waals surface area contributed by atoms with E-state index in [1.54, 1.807) is 18.3 Å². The van der Waals surface area contributed by atoms with Crippen molar-refractivity contribution in [1.82, 2.24) is 10.1 Å². The summed E-state index contributed by atoms with van der Waals surface area (Å²) in [6.45, 7) is 0.250. The van der Waals surface area contributed by atoms with Crippen LogP contribution in [-0.4, -0.2) is 22.6 Å². The average Bonchev–Trinajstić information content (AvgIpc) is 3.66. The molecule has 202 valence electrons. The van der Waals surface area contributed by atoms with E-state index in [4.69, 9.17) is 14.5 Å². The Labute approximate surface area is 224 Å². The van der Waals surface area contributed by atoms with Crippen molar-refractivity contribution in [2.24, 2.45) is 17.8 Å². The highest BCUT2D eigenvalue weighted by Crippen LogP contribution is 2.70. The molecule has 0 amide bonds. The van der Waals surface area contributed by atoms with E-state index in [1.165, 1.54) is 12.1 Å². The van der Waals surface area contributed by atoms with Crippen LogP contribution in [0, 0.1) is 29.1 Å². The first kappa shape index (κ1) is 24.6. The number of pyridine rings is 1. The number of benzene rings is 1. The van der Waals surface area contributed by atoms with Crippen LogP contribution in [0.15, 0.2) is 47.1 Å². The van der Waals surface area contributed by atoms with Crippen LogP contribution >= 0.6 is 0 Å². The van der Waals surface area contributed by atoms with Gasteiger partial charge in [0.25, 0.3) is 0 Å². The van der Waals surface area contributed by atoms with Gasteiger partial charge < -0.3 is 14.0 Å². The van der Waals surface area contributed by atoms with Crippen molar-refractivity contribution in [2.45, 2.75) is 75.4 Å². The molecular weight excluding hydrogens is 507 g/mol. The van der Waals surface area contributed by atoms with Crippen LogP contribution in [0.2, 0.25) is 0 Å². The highest BCUT2D eigenvalue weighted by Gasteiger charge is 2.66. The third kappa shape index (κ3) is 4.29. The minimum Gasteiger partial charge on any atom is -0.405 e. The van der Waals surface area contributed by atoms with E-state index in [0.717, 1.165) is 62.0 Å². The average molecular weight is 536 g/mol. The van der Waals surface area contributed by atoms with Gasteiger partial charge in [0.15, 0.2) is 0 Å². The number of aromatic nitrogens is 2. The normalized spacial score (nSPS) is 29.4. The summed E-state index contributed by atoms with van der Waals surface area (Å²) in [6, 6.07) is 12.1. The first-order valence-electron chi connectivity index (χ1n) is 13.7. The van der Waals surface area contributed by atoms with Crippen LogP contribution in [0.3, 0.4) is 0 Å². The molecule has 0 bridgehead atoms. The maximum absolute atomic E-state index is 13.1. The molecule has 4 saturated carbocycles. The van der Waals surface area contributed by atoms with E-state index in [0.29, 0.717) is 29.0 Å². The largest absolute Gasteiger partial charge is 0.573 e. The summed E-state index contributed by atoms with van der Waals surface area (Å²) in [6.07, 6.45) is 4.14. The molecule has 39 heavy (non-hydrogen) atoms. The van der Waals surface area contributed by atoms with E-state index in [2.05, 4.69) is 20.9 Å². The number of nitriles is 1. The molecule has 2 unspecified atom stereocenters. The first-order valence-corrected chi connectivity index (χ1v) is 13.7. The maximum Gasteiger partial charge on any atom is 0.573 e. The van der Waals surface area contributed by atoms with Gasteiger partial charge in [-0.15, -0.1) is 13.2 Å². The molecule has 4 aliphatic carbocycles. The zero-order valence-electron chi connectivity index (χ0n) is 21.3. The Hall–Kier alpha value is -3.38. The minimum atomic E-state index is -4.80. The van der Waals surface area contributed by atoms with Gasteiger partial charge >= 0.3 is 6.36 Å². The number of nitrogens with zero attached hydrogens (tertiary/aromatic N) is 3. The van der Waals surface area contributed by atoms with Crippen molar-refractivity contribution in [3.63, 3.8) is 0 Å². The Kier molecular flexibility index (Phi) is 5.74. The lowest BCUT2D eigenvalue weighted by Crippen LogP contribution is -2.63. The van der Waals surface area contributed by atoms with Gasteiger partial charge in [-0.1, -0.05) is 17.3 Å². The summed E-state index contributed by atoms with van der Waals surface area (Å²) >= 11 is 0. The molecular formula is C30H28F3N3O3. The standard InChI is InChI=1S/C30H28F3N3O3/c31-30(32,33)38-24-4-2-1-3-22(24)27-23(28(39-36-27)18-6-7-18)16-37-21-9-8-19-12-29(13-20(11-21)26(19)29)25-10-5-17(14-34)15-35-25/h1-5,10,15,18-21,26H,6-9,11-13,16H2/t19-,20-,21+,26?,29?/m1/s1. The molecule has 0 N–H and O–H groups in total. The molecule has 2 heterocycles. The summed E-state index contributed by atoms with van der Waals surface area (Å²) in [5.41, 5.74) is 3.18. The Bertz CT molecular complexity index is 1430. The van der Waals surface area contributed by atoms with Gasteiger partial charge in [-0.2, -0.15) is 5.26 Å². The molecule has 6 nitrogen and oxygen atoms in total. The lowest BCUT2D eigenvalue weighted by molar-refractivity contribution is -0.274. The third-order valence-electron chi connectivity index (χ3n) is 9.33. The molecule has 4 fully saturated rings. The van der Waals surface area contributed by atoms with Gasteiger partial charge in [0.05, 0.1) is 18.3 Å². The highest BCUT2D eigenvalue weighted by molar-refractivity contribution is 5.70. The molecule has 1 aromatic carbocycles. The van der Waals surface area contributed by atoms with Crippen LogP contribution in [0.1, 0.15) is 73.4 Å². The van der Waals surface area contributed by atoms with Gasteiger partial charge in [0.2, 0.25) is 0 Å². The quantitative estimate of drug-likeness (QED) is 0.323. The zero-order chi connectivity index (χ0) is 26.8. The summed E-state index contributed by atoms with van der Waals surface area (Å²) in [7, 11) is 0. The topological polar surface area (TPSA) is 81.2 Å². The number of ether oxygens (including phenoxy) is 2. The first-order chi connectivity index (χ1) is 18.8. The number of hydrogen-bond donors (Lipinski definition) is 0. The van der Waals surface area contributed by atoms with E-state index < -0.39 is 6.36 Å². The third-order valence-corrected chi connectivity index (χ3v) is 9.33. The SMILES string of the molecule is N#Cc1ccc(C23C[C@H]4CC[C@H](OCc5c(-c6ccccc6OC(F)(F)F)noc5C5CC5)C[C@H](C2)C43)nc1. The lowest BCUT2D eigenvalue weighted by Gasteiger charge is -2.67. The van der Waals surface area contributed by atoms with Crippen LogP contribution in [-0.2, 0) is 16.8 Å². The summed E-state index contributed by atoms with van der Waals surface area (Å²) in [5, 5.41) is 13.3. The Balaban J connectivity index is 1.08. The van der Waals surface area contributed by atoms with Gasteiger partial charge in [-0.3, -0.25) is 4.98 Å². The Morgan fingerprint density at radius 1 is 1.05 bits per heavy atom. The molecule has 0 aliphatic heterocycles. The fourth-order valence-corrected chi connectivity index (χ4v) is 7.58. The van der Waals surface area contributed by atoms with Crippen molar-refractivity contribution in [3.8, 4) is 23.1 Å². The minimum absolute atomic E-state index is 0.0731. The fraction of sp³-hybridized carbons (Fsp3) is 0.500. The molecule has 9 heteroatoms. The molecule has 0 spiro atoms. The van der Waals surface area contributed by atoms with Gasteiger partial charge in [0, 0.05) is 34.4 Å². The second-order valence-electron chi connectivity index (χ2n) is 11.6. The Morgan fingerprint density at radius 2 is 1.87 bits per heavy atom. The van der Waals surface area contributed by atoms with Crippen molar-refractivity contribution in [2.75, 3.05) is 0 Å². The molecule has 3 aromatic rings. The van der Waals surface area contributed by atoms with Crippen molar-refractivity contribution in [3.05, 3.63) is 65.2 Å². The van der Waals surface area contributed by atoms with Crippen LogP contribution < -0.4 is 4.74 Å². The highest BCUT2D eigenvalue weighted by atomic mass is 19.4. The van der Waals surface area contributed by atoms with Crippen molar-refractivity contribution < 1.29 is 27.2 Å². The van der Waals surface area contributed by atoms with E-state index in [1.807, 2.05) is 12.1 Å². The molecule has 2 aromatic heterocycles. The monoisotopic (exact) mass is 535 g/mol. The predicted octanol–water partition coefficient (Wildman–Crippen LogP) is 7.05. The summed E-state index contributed by atoms with van der Waals surface area (Å²) in [4.78, 5) is 4.64. The maximum atomic E-state index is 13.1. The molecule has 5 atom stereocenters. The number of alkyl halides is 3. The number of para-hydroxylation sites is 1. The van der Waals surface area contributed by atoms with E-state index in [-0.39, 0.29) is 35.4 Å². The van der Waals surface area contributed by atoms with Crippen LogP contribution in [0.25, 0.3) is 11.3 Å². The fourth-order valence-electron chi connectivity index (χ4n) is 7.58. The van der Waals surface area contributed by atoms with E-state index in [9.17, 15) is 13.2 Å². The second-order valence-corrected chi connectivity index (χ2v) is 11.6. The van der Waals surface area contributed by atoms with Crippen molar-refractivity contribution >= 4 is 0 Å². The van der Waals surface area contributed by atoms with Crippen LogP contribution in [0.5, 0.6) is 5.75 Å². The summed E-state index contributed by atoms with van der Waals surface area (Å²) < 4.78 is 55.7. The number of halogens is 3. The zero-order valence-corrected chi connectivity index (χ0v) is 21.3. The second kappa shape index (κ2) is 9.09. The molecule has 0 saturated heterocycles. The van der Waals surface area contributed by atoms with E-state index >= 15 is 0 Å². The van der Waals surface area contributed by atoms with Crippen molar-refractivity contribution in [1.29, 1.82) is 5.26 Å². The number of hydrogen-bond acceptors (Lipinski definition) is 6. The lowest BCUT2D eigenvalue weighted by atomic mass is 9.37. The molecule has 0 radical (unpaired) electrons. The van der Waals surface area contributed by atoms with Gasteiger partial charge in [-0.05, 0) is 87.0 Å². The molecule has 4 aliphatic rings. The van der Waals surface area contributed by atoms with Gasteiger partial charge in [0.1, 0.15) is 23.3 Å². The number of rotatable bonds is 7. The smallest absolute Gasteiger partial charge is 0.405 e. The molecule has 7 rings (SSSR count). The Morgan fingerprint density at radius 3 is 2.62 bits per heavy atom. The summed E-state index contributed by atoms with van der Waals surface area (Å²) in [5.74, 6) is 2.49. The van der Waals surface area contributed by atoms with Crippen LogP contribution in [0.4, 0.5) is 13.2 Å². The predicted molar refractivity (Wildman–Crippen MR) is 133 cm³/mol.